The molecular weight excluding hydrogens is 293 g/mol. The van der Waals surface area contributed by atoms with Gasteiger partial charge in [-0.15, -0.1) is 11.6 Å². The van der Waals surface area contributed by atoms with Crippen LogP contribution in [-0.2, 0) is 6.18 Å². The Morgan fingerprint density at radius 3 is 2.65 bits per heavy atom. The number of nitrogens with zero attached hydrogens (tertiary/aromatic N) is 3. The number of rotatable bonds is 4. The zero-order valence-electron chi connectivity index (χ0n) is 10.9. The zero-order chi connectivity index (χ0) is 14.9. The van der Waals surface area contributed by atoms with E-state index >= 15 is 0 Å². The monoisotopic (exact) mass is 306 g/mol. The maximum atomic E-state index is 12.7. The SMILES string of the molecule is CC(C)C(CCl)Nc1nccn2nc(C(F)(F)F)cc12. The van der Waals surface area contributed by atoms with Crippen LogP contribution in [0.25, 0.3) is 5.52 Å². The Balaban J connectivity index is 2.41. The van der Waals surface area contributed by atoms with E-state index < -0.39 is 11.9 Å². The van der Waals surface area contributed by atoms with E-state index in [9.17, 15) is 13.2 Å². The van der Waals surface area contributed by atoms with E-state index in [1.165, 1.54) is 12.4 Å². The molecule has 2 aromatic rings. The van der Waals surface area contributed by atoms with Crippen molar-refractivity contribution in [1.29, 1.82) is 0 Å². The Bertz CT molecular complexity index is 594. The number of anilines is 1. The van der Waals surface area contributed by atoms with E-state index in [1.54, 1.807) is 0 Å². The molecule has 0 aliphatic rings. The number of hydrogen-bond donors (Lipinski definition) is 1. The summed E-state index contributed by atoms with van der Waals surface area (Å²) in [6.45, 7) is 3.94. The van der Waals surface area contributed by atoms with Crippen LogP contribution in [0, 0.1) is 5.92 Å². The van der Waals surface area contributed by atoms with Crippen LogP contribution in [0.2, 0.25) is 0 Å². The lowest BCUT2D eigenvalue weighted by atomic mass is 10.1. The first-order chi connectivity index (χ1) is 9.32. The molecule has 0 bridgehead atoms. The van der Waals surface area contributed by atoms with Gasteiger partial charge < -0.3 is 5.32 Å². The van der Waals surface area contributed by atoms with E-state index in [2.05, 4.69) is 15.4 Å². The van der Waals surface area contributed by atoms with Gasteiger partial charge in [0, 0.05) is 30.4 Å². The molecule has 0 amide bonds. The highest BCUT2D eigenvalue weighted by Crippen LogP contribution is 2.30. The summed E-state index contributed by atoms with van der Waals surface area (Å²) in [6.07, 6.45) is -1.71. The molecule has 0 aliphatic heterocycles. The molecule has 2 aromatic heterocycles. The molecule has 1 N–H and O–H groups in total. The number of halogens is 4. The molecule has 0 radical (unpaired) electrons. The third-order valence-corrected chi connectivity index (χ3v) is 3.31. The fraction of sp³-hybridized carbons (Fsp3) is 0.500. The normalized spacial score (nSPS) is 13.9. The summed E-state index contributed by atoms with van der Waals surface area (Å²) < 4.78 is 39.2. The third-order valence-electron chi connectivity index (χ3n) is 2.97. The van der Waals surface area contributed by atoms with Crippen molar-refractivity contribution in [1.82, 2.24) is 14.6 Å². The molecule has 0 fully saturated rings. The summed E-state index contributed by atoms with van der Waals surface area (Å²) >= 11 is 5.85. The van der Waals surface area contributed by atoms with E-state index in [1.807, 2.05) is 13.8 Å². The predicted octanol–water partition coefficient (Wildman–Crippen LogP) is 3.42. The molecule has 1 unspecified atom stereocenters. The Labute approximate surface area is 118 Å². The Kier molecular flexibility index (Phi) is 4.08. The molecule has 110 valence electrons. The number of hydrogen-bond acceptors (Lipinski definition) is 3. The highest BCUT2D eigenvalue weighted by Gasteiger charge is 2.34. The predicted molar refractivity (Wildman–Crippen MR) is 71.0 cm³/mol. The summed E-state index contributed by atoms with van der Waals surface area (Å²) in [5, 5.41) is 6.57. The van der Waals surface area contributed by atoms with Gasteiger partial charge in [-0.05, 0) is 5.92 Å². The summed E-state index contributed by atoms with van der Waals surface area (Å²) in [6, 6.07) is 0.889. The van der Waals surface area contributed by atoms with Crippen molar-refractivity contribution in [2.75, 3.05) is 11.2 Å². The molecule has 20 heavy (non-hydrogen) atoms. The lowest BCUT2D eigenvalue weighted by Crippen LogP contribution is -2.28. The fourth-order valence-corrected chi connectivity index (χ4v) is 2.16. The Morgan fingerprint density at radius 2 is 2.10 bits per heavy atom. The minimum Gasteiger partial charge on any atom is -0.364 e. The largest absolute Gasteiger partial charge is 0.435 e. The Hall–Kier alpha value is -1.50. The summed E-state index contributed by atoms with van der Waals surface area (Å²) in [4.78, 5) is 4.07. The van der Waals surface area contributed by atoms with Crippen molar-refractivity contribution < 1.29 is 13.2 Å². The standard InChI is InChI=1S/C12H14ClF3N4/c1-7(2)8(6-13)18-11-9-5-10(12(14,15)16)19-20(9)4-3-17-11/h3-5,7-8H,6H2,1-2H3,(H,17,18). The topological polar surface area (TPSA) is 42.2 Å². The molecule has 0 saturated heterocycles. The van der Waals surface area contributed by atoms with Gasteiger partial charge in [-0.1, -0.05) is 13.8 Å². The third kappa shape index (κ3) is 2.98. The van der Waals surface area contributed by atoms with E-state index in [-0.39, 0.29) is 17.5 Å². The van der Waals surface area contributed by atoms with Crippen molar-refractivity contribution in [3.05, 3.63) is 24.2 Å². The van der Waals surface area contributed by atoms with E-state index in [4.69, 9.17) is 11.6 Å². The number of nitrogens with one attached hydrogen (secondary N) is 1. The highest BCUT2D eigenvalue weighted by atomic mass is 35.5. The molecule has 0 spiro atoms. The average molecular weight is 307 g/mol. The van der Waals surface area contributed by atoms with Crippen LogP contribution in [0.5, 0.6) is 0 Å². The van der Waals surface area contributed by atoms with E-state index in [0.29, 0.717) is 11.7 Å². The minimum atomic E-state index is -4.48. The van der Waals surface area contributed by atoms with Crippen LogP contribution in [-0.4, -0.2) is 26.5 Å². The van der Waals surface area contributed by atoms with Crippen molar-refractivity contribution in [2.24, 2.45) is 5.92 Å². The van der Waals surface area contributed by atoms with Gasteiger partial charge in [-0.2, -0.15) is 18.3 Å². The summed E-state index contributed by atoms with van der Waals surface area (Å²) in [5.41, 5.74) is -0.670. The van der Waals surface area contributed by atoms with Crippen LogP contribution >= 0.6 is 11.6 Å². The number of aromatic nitrogens is 3. The van der Waals surface area contributed by atoms with Crippen LogP contribution < -0.4 is 5.32 Å². The number of alkyl halides is 4. The molecule has 0 aromatic carbocycles. The molecule has 0 saturated carbocycles. The molecular formula is C12H14ClF3N4. The summed E-state index contributed by atoms with van der Waals surface area (Å²) in [7, 11) is 0. The van der Waals surface area contributed by atoms with Crippen LogP contribution in [0.15, 0.2) is 18.5 Å². The Morgan fingerprint density at radius 1 is 1.40 bits per heavy atom. The van der Waals surface area contributed by atoms with Gasteiger partial charge in [0.15, 0.2) is 11.5 Å². The second-order valence-electron chi connectivity index (χ2n) is 4.78. The van der Waals surface area contributed by atoms with Crippen LogP contribution in [0.4, 0.5) is 19.0 Å². The molecule has 0 aliphatic carbocycles. The highest BCUT2D eigenvalue weighted by molar-refractivity contribution is 6.18. The lowest BCUT2D eigenvalue weighted by molar-refractivity contribution is -0.141. The first-order valence-corrected chi connectivity index (χ1v) is 6.60. The quantitative estimate of drug-likeness (QED) is 0.880. The zero-order valence-corrected chi connectivity index (χ0v) is 11.7. The van der Waals surface area contributed by atoms with Gasteiger partial charge in [0.2, 0.25) is 0 Å². The van der Waals surface area contributed by atoms with Crippen molar-refractivity contribution in [3.63, 3.8) is 0 Å². The first kappa shape index (κ1) is 14.9. The second-order valence-corrected chi connectivity index (χ2v) is 5.09. The maximum Gasteiger partial charge on any atom is 0.435 e. The van der Waals surface area contributed by atoms with Crippen molar-refractivity contribution in [2.45, 2.75) is 26.1 Å². The molecule has 2 heterocycles. The van der Waals surface area contributed by atoms with Crippen molar-refractivity contribution in [3.8, 4) is 0 Å². The average Bonchev–Trinajstić information content (AvgIpc) is 2.79. The maximum absolute atomic E-state index is 12.7. The van der Waals surface area contributed by atoms with Gasteiger partial charge >= 0.3 is 6.18 Å². The van der Waals surface area contributed by atoms with Gasteiger partial charge in [-0.25, -0.2) is 9.50 Å². The summed E-state index contributed by atoms with van der Waals surface area (Å²) in [5.74, 6) is 0.898. The van der Waals surface area contributed by atoms with Crippen LogP contribution in [0.1, 0.15) is 19.5 Å². The molecule has 2 rings (SSSR count). The van der Waals surface area contributed by atoms with Crippen LogP contribution in [0.3, 0.4) is 0 Å². The molecule has 1 atom stereocenters. The smallest absolute Gasteiger partial charge is 0.364 e. The molecule has 4 nitrogen and oxygen atoms in total. The van der Waals surface area contributed by atoms with E-state index in [0.717, 1.165) is 10.6 Å². The second kappa shape index (κ2) is 5.47. The number of fused-ring (bicyclic) bond motifs is 1. The first-order valence-electron chi connectivity index (χ1n) is 6.07. The van der Waals surface area contributed by atoms with Gasteiger partial charge in [0.05, 0.1) is 0 Å². The van der Waals surface area contributed by atoms with Gasteiger partial charge in [-0.3, -0.25) is 0 Å². The van der Waals surface area contributed by atoms with Crippen molar-refractivity contribution >= 4 is 22.9 Å². The molecule has 8 heteroatoms. The lowest BCUT2D eigenvalue weighted by Gasteiger charge is -2.20. The minimum absolute atomic E-state index is 0.0837. The van der Waals surface area contributed by atoms with Gasteiger partial charge in [0.25, 0.3) is 0 Å². The van der Waals surface area contributed by atoms with Gasteiger partial charge in [0.1, 0.15) is 5.52 Å². The fourth-order valence-electron chi connectivity index (χ4n) is 1.73.